The van der Waals surface area contributed by atoms with Crippen molar-refractivity contribution in [3.63, 3.8) is 0 Å². The molecule has 20 heavy (non-hydrogen) atoms. The van der Waals surface area contributed by atoms with E-state index in [2.05, 4.69) is 18.7 Å². The van der Waals surface area contributed by atoms with E-state index in [4.69, 9.17) is 5.73 Å². The molecule has 1 rings (SSSR count). The summed E-state index contributed by atoms with van der Waals surface area (Å²) in [4.78, 5) is 2.45. The molecule has 0 bridgehead atoms. The Morgan fingerprint density at radius 3 is 2.55 bits per heavy atom. The van der Waals surface area contributed by atoms with Gasteiger partial charge in [0, 0.05) is 13.1 Å². The van der Waals surface area contributed by atoms with Gasteiger partial charge in [0.2, 0.25) is 0 Å². The van der Waals surface area contributed by atoms with Crippen LogP contribution in [0, 0.1) is 5.92 Å². The summed E-state index contributed by atoms with van der Waals surface area (Å²) in [5.41, 5.74) is 6.40. The highest BCUT2D eigenvalue weighted by molar-refractivity contribution is 7.91. The fraction of sp³-hybridized carbons (Fsp3) is 0.600. The van der Waals surface area contributed by atoms with Crippen LogP contribution in [-0.2, 0) is 16.4 Å². The number of nitrogens with zero attached hydrogens (tertiary/aromatic N) is 1. The summed E-state index contributed by atoms with van der Waals surface area (Å²) in [5, 5.41) is 0. The van der Waals surface area contributed by atoms with E-state index < -0.39 is 9.84 Å². The molecule has 0 unspecified atom stereocenters. The van der Waals surface area contributed by atoms with E-state index in [1.807, 2.05) is 13.1 Å². The molecule has 5 heteroatoms. The third-order valence-corrected chi connectivity index (χ3v) is 5.02. The SMILES string of the molecule is CC(C)CCN(C)CCS(=O)(=O)c1cccc(CN)c1. The predicted octanol–water partition coefficient (Wildman–Crippen LogP) is 1.90. The second-order valence-electron chi connectivity index (χ2n) is 5.66. The fourth-order valence-electron chi connectivity index (χ4n) is 1.85. The Hall–Kier alpha value is -0.910. The van der Waals surface area contributed by atoms with E-state index in [-0.39, 0.29) is 5.75 Å². The Bertz CT molecular complexity index is 512. The molecule has 0 aliphatic rings. The molecule has 0 amide bonds. The molecule has 1 aromatic carbocycles. The van der Waals surface area contributed by atoms with Gasteiger partial charge in [-0.1, -0.05) is 26.0 Å². The molecule has 0 fully saturated rings. The van der Waals surface area contributed by atoms with Gasteiger partial charge in [-0.05, 0) is 43.6 Å². The first-order chi connectivity index (χ1) is 9.35. The maximum atomic E-state index is 12.3. The first-order valence-electron chi connectivity index (χ1n) is 7.05. The van der Waals surface area contributed by atoms with Crippen molar-refractivity contribution in [2.45, 2.75) is 31.7 Å². The summed E-state index contributed by atoms with van der Waals surface area (Å²) in [5.74, 6) is 0.783. The number of rotatable bonds is 8. The van der Waals surface area contributed by atoms with E-state index in [1.165, 1.54) is 0 Å². The third kappa shape index (κ3) is 5.61. The molecule has 0 aliphatic carbocycles. The Morgan fingerprint density at radius 2 is 1.95 bits per heavy atom. The van der Waals surface area contributed by atoms with Crippen molar-refractivity contribution in [1.82, 2.24) is 4.90 Å². The van der Waals surface area contributed by atoms with Crippen LogP contribution in [0.3, 0.4) is 0 Å². The topological polar surface area (TPSA) is 63.4 Å². The molecule has 0 spiro atoms. The van der Waals surface area contributed by atoms with Gasteiger partial charge in [-0.3, -0.25) is 0 Å². The van der Waals surface area contributed by atoms with Gasteiger partial charge in [-0.25, -0.2) is 8.42 Å². The Kier molecular flexibility index (Phi) is 6.65. The molecule has 114 valence electrons. The number of benzene rings is 1. The summed E-state index contributed by atoms with van der Waals surface area (Å²) in [6, 6.07) is 6.90. The van der Waals surface area contributed by atoms with E-state index in [0.29, 0.717) is 23.9 Å². The van der Waals surface area contributed by atoms with Gasteiger partial charge in [-0.15, -0.1) is 0 Å². The van der Waals surface area contributed by atoms with Crippen molar-refractivity contribution < 1.29 is 8.42 Å². The van der Waals surface area contributed by atoms with Crippen molar-refractivity contribution in [2.24, 2.45) is 11.7 Å². The Morgan fingerprint density at radius 1 is 1.25 bits per heavy atom. The van der Waals surface area contributed by atoms with Crippen molar-refractivity contribution in [1.29, 1.82) is 0 Å². The zero-order valence-corrected chi connectivity index (χ0v) is 13.5. The molecule has 1 aromatic rings. The lowest BCUT2D eigenvalue weighted by molar-refractivity contribution is 0.326. The average molecular weight is 298 g/mol. The van der Waals surface area contributed by atoms with Crippen molar-refractivity contribution >= 4 is 9.84 Å². The van der Waals surface area contributed by atoms with Crippen LogP contribution < -0.4 is 5.73 Å². The minimum atomic E-state index is -3.22. The summed E-state index contributed by atoms with van der Waals surface area (Å²) < 4.78 is 24.6. The number of nitrogens with two attached hydrogens (primary N) is 1. The molecular formula is C15H26N2O2S. The highest BCUT2D eigenvalue weighted by Gasteiger charge is 2.15. The van der Waals surface area contributed by atoms with Gasteiger partial charge in [0.1, 0.15) is 0 Å². The molecule has 0 aromatic heterocycles. The molecule has 0 saturated heterocycles. The van der Waals surface area contributed by atoms with Crippen LogP contribution in [0.2, 0.25) is 0 Å². The molecule has 4 nitrogen and oxygen atoms in total. The maximum absolute atomic E-state index is 12.3. The van der Waals surface area contributed by atoms with E-state index in [0.717, 1.165) is 18.5 Å². The Balaban J connectivity index is 2.61. The lowest BCUT2D eigenvalue weighted by Gasteiger charge is -2.17. The molecule has 0 heterocycles. The predicted molar refractivity (Wildman–Crippen MR) is 83.3 cm³/mol. The molecular weight excluding hydrogens is 272 g/mol. The van der Waals surface area contributed by atoms with Crippen LogP contribution in [0.4, 0.5) is 0 Å². The van der Waals surface area contributed by atoms with Crippen LogP contribution in [0.1, 0.15) is 25.8 Å². The minimum Gasteiger partial charge on any atom is -0.326 e. The first-order valence-corrected chi connectivity index (χ1v) is 8.70. The van der Waals surface area contributed by atoms with Crippen LogP contribution in [-0.4, -0.2) is 39.2 Å². The van der Waals surface area contributed by atoms with Gasteiger partial charge in [0.05, 0.1) is 10.6 Å². The van der Waals surface area contributed by atoms with Crippen LogP contribution >= 0.6 is 0 Å². The highest BCUT2D eigenvalue weighted by Crippen LogP contribution is 2.13. The molecule has 0 atom stereocenters. The van der Waals surface area contributed by atoms with Crippen molar-refractivity contribution in [3.05, 3.63) is 29.8 Å². The lowest BCUT2D eigenvalue weighted by Crippen LogP contribution is -2.27. The summed E-state index contributed by atoms with van der Waals surface area (Å²) in [6.45, 7) is 6.18. The minimum absolute atomic E-state index is 0.148. The molecule has 0 aliphatic heterocycles. The first kappa shape index (κ1) is 17.1. The van der Waals surface area contributed by atoms with Crippen LogP contribution in [0.5, 0.6) is 0 Å². The van der Waals surface area contributed by atoms with Crippen molar-refractivity contribution in [2.75, 3.05) is 25.9 Å². The standard InChI is InChI=1S/C15H26N2O2S/c1-13(2)7-8-17(3)9-10-20(18,19)15-6-4-5-14(11-15)12-16/h4-6,11,13H,7-10,12,16H2,1-3H3. The van der Waals surface area contributed by atoms with Crippen LogP contribution in [0.25, 0.3) is 0 Å². The van der Waals surface area contributed by atoms with Gasteiger partial charge in [-0.2, -0.15) is 0 Å². The smallest absolute Gasteiger partial charge is 0.179 e. The molecule has 0 radical (unpaired) electrons. The lowest BCUT2D eigenvalue weighted by atomic mass is 10.1. The summed E-state index contributed by atoms with van der Waals surface area (Å²) in [7, 11) is -1.26. The van der Waals surface area contributed by atoms with Gasteiger partial charge >= 0.3 is 0 Å². The van der Waals surface area contributed by atoms with E-state index in [1.54, 1.807) is 18.2 Å². The summed E-state index contributed by atoms with van der Waals surface area (Å²) in [6.07, 6.45) is 1.08. The third-order valence-electron chi connectivity index (χ3n) is 3.32. The Labute approximate surface area is 122 Å². The van der Waals surface area contributed by atoms with E-state index in [9.17, 15) is 8.42 Å². The van der Waals surface area contributed by atoms with Crippen molar-refractivity contribution in [3.8, 4) is 0 Å². The number of hydrogen-bond donors (Lipinski definition) is 1. The monoisotopic (exact) mass is 298 g/mol. The highest BCUT2D eigenvalue weighted by atomic mass is 32.2. The largest absolute Gasteiger partial charge is 0.326 e. The van der Waals surface area contributed by atoms with Gasteiger partial charge in [0.25, 0.3) is 0 Å². The second kappa shape index (κ2) is 7.76. The maximum Gasteiger partial charge on any atom is 0.179 e. The van der Waals surface area contributed by atoms with Gasteiger partial charge in [0.15, 0.2) is 9.84 Å². The summed E-state index contributed by atoms with van der Waals surface area (Å²) >= 11 is 0. The number of hydrogen-bond acceptors (Lipinski definition) is 4. The quantitative estimate of drug-likeness (QED) is 0.796. The molecule has 2 N–H and O–H groups in total. The zero-order chi connectivity index (χ0) is 15.2. The molecule has 0 saturated carbocycles. The fourth-order valence-corrected chi connectivity index (χ4v) is 3.25. The average Bonchev–Trinajstić information content (AvgIpc) is 2.43. The van der Waals surface area contributed by atoms with Crippen LogP contribution in [0.15, 0.2) is 29.2 Å². The van der Waals surface area contributed by atoms with E-state index >= 15 is 0 Å². The van der Waals surface area contributed by atoms with Gasteiger partial charge < -0.3 is 10.6 Å². The second-order valence-corrected chi connectivity index (χ2v) is 7.77. The normalized spacial score (nSPS) is 12.3. The number of sulfone groups is 1. The zero-order valence-electron chi connectivity index (χ0n) is 12.7.